The molecule has 0 saturated heterocycles. The van der Waals surface area contributed by atoms with Crippen LogP contribution in [0.5, 0.6) is 0 Å². The molecule has 0 aliphatic rings. The Morgan fingerprint density at radius 3 is 2.64 bits per heavy atom. The van der Waals surface area contributed by atoms with Gasteiger partial charge >= 0.3 is 0 Å². The Bertz CT molecular complexity index is 148. The Morgan fingerprint density at radius 2 is 2.18 bits per heavy atom. The van der Waals surface area contributed by atoms with Crippen molar-refractivity contribution in [1.82, 2.24) is 5.32 Å². The summed E-state index contributed by atoms with van der Waals surface area (Å²) in [5.41, 5.74) is 6.36. The molecular formula is C8H16N2O. The van der Waals surface area contributed by atoms with E-state index in [-0.39, 0.29) is 12.5 Å². The van der Waals surface area contributed by atoms with Gasteiger partial charge in [0, 0.05) is 6.54 Å². The highest BCUT2D eigenvalue weighted by atomic mass is 16.1. The maximum Gasteiger partial charge on any atom is 0.233 e. The highest BCUT2D eigenvalue weighted by Gasteiger charge is 1.92. The first kappa shape index (κ1) is 10.2. The van der Waals surface area contributed by atoms with Crippen molar-refractivity contribution in [2.45, 2.75) is 20.3 Å². The average Bonchev–Trinajstić information content (AvgIpc) is 1.97. The number of carbonyl (C=O) groups excluding carboxylic acids is 1. The molecule has 0 radical (unpaired) electrons. The van der Waals surface area contributed by atoms with Crippen LogP contribution in [-0.4, -0.2) is 19.0 Å². The van der Waals surface area contributed by atoms with E-state index in [9.17, 15) is 4.79 Å². The zero-order chi connectivity index (χ0) is 8.69. The molecule has 0 unspecified atom stereocenters. The van der Waals surface area contributed by atoms with Gasteiger partial charge in [0.15, 0.2) is 0 Å². The van der Waals surface area contributed by atoms with Crippen LogP contribution in [0.2, 0.25) is 0 Å². The van der Waals surface area contributed by atoms with Crippen LogP contribution in [0.15, 0.2) is 11.6 Å². The first-order valence-corrected chi connectivity index (χ1v) is 3.77. The van der Waals surface area contributed by atoms with Crippen LogP contribution >= 0.6 is 0 Å². The van der Waals surface area contributed by atoms with Gasteiger partial charge in [-0.2, -0.15) is 0 Å². The summed E-state index contributed by atoms with van der Waals surface area (Å²) in [6, 6.07) is 0. The molecule has 0 aromatic heterocycles. The lowest BCUT2D eigenvalue weighted by Crippen LogP contribution is -2.30. The first-order valence-electron chi connectivity index (χ1n) is 3.77. The second kappa shape index (κ2) is 5.92. The molecule has 64 valence electrons. The Hall–Kier alpha value is -0.830. The molecule has 0 aliphatic carbocycles. The third-order valence-electron chi connectivity index (χ3n) is 1.20. The number of amides is 1. The molecular weight excluding hydrogens is 140 g/mol. The number of rotatable bonds is 4. The van der Waals surface area contributed by atoms with Crippen molar-refractivity contribution in [3.05, 3.63) is 11.6 Å². The molecule has 0 aromatic rings. The average molecular weight is 156 g/mol. The molecule has 0 bridgehead atoms. The van der Waals surface area contributed by atoms with Crippen LogP contribution in [0, 0.1) is 0 Å². The maximum atomic E-state index is 10.6. The molecule has 0 spiro atoms. The monoisotopic (exact) mass is 156 g/mol. The summed E-state index contributed by atoms with van der Waals surface area (Å²) >= 11 is 0. The first-order chi connectivity index (χ1) is 5.16. The highest BCUT2D eigenvalue weighted by Crippen LogP contribution is 1.90. The molecule has 1 amide bonds. The minimum absolute atomic E-state index is 0.0782. The summed E-state index contributed by atoms with van der Waals surface area (Å²) in [7, 11) is 0. The van der Waals surface area contributed by atoms with Crippen LogP contribution in [0.3, 0.4) is 0 Å². The van der Waals surface area contributed by atoms with E-state index in [0.717, 1.165) is 6.42 Å². The second-order valence-electron chi connectivity index (χ2n) is 2.62. The van der Waals surface area contributed by atoms with Gasteiger partial charge in [-0.1, -0.05) is 11.6 Å². The van der Waals surface area contributed by atoms with Crippen molar-refractivity contribution in [1.29, 1.82) is 0 Å². The minimum atomic E-state index is -0.0906. The molecule has 3 nitrogen and oxygen atoms in total. The Kier molecular flexibility index (Phi) is 5.47. The lowest BCUT2D eigenvalue weighted by Gasteiger charge is -1.99. The van der Waals surface area contributed by atoms with Crippen molar-refractivity contribution >= 4 is 5.91 Å². The molecule has 0 atom stereocenters. The lowest BCUT2D eigenvalue weighted by molar-refractivity contribution is -0.119. The number of carbonyl (C=O) groups is 1. The largest absolute Gasteiger partial charge is 0.355 e. The molecule has 11 heavy (non-hydrogen) atoms. The summed E-state index contributed by atoms with van der Waals surface area (Å²) in [5, 5.41) is 2.68. The normalized spacial score (nSPS) is 9.00. The molecule has 0 rings (SSSR count). The maximum absolute atomic E-state index is 10.6. The fourth-order valence-electron chi connectivity index (χ4n) is 0.645. The molecule has 0 fully saturated rings. The molecule has 0 aromatic carbocycles. The molecule has 0 saturated carbocycles. The van der Waals surface area contributed by atoms with Gasteiger partial charge in [-0.3, -0.25) is 4.79 Å². The predicted molar refractivity (Wildman–Crippen MR) is 46.1 cm³/mol. The molecule has 0 aliphatic heterocycles. The number of allylic oxidation sites excluding steroid dienone is 1. The van der Waals surface area contributed by atoms with Gasteiger partial charge in [-0.05, 0) is 20.3 Å². The predicted octanol–water partition coefficient (Wildman–Crippen LogP) is 0.418. The third-order valence-corrected chi connectivity index (χ3v) is 1.20. The van der Waals surface area contributed by atoms with Crippen molar-refractivity contribution < 1.29 is 4.79 Å². The Labute approximate surface area is 67.7 Å². The lowest BCUT2D eigenvalue weighted by atomic mass is 10.3. The summed E-state index contributed by atoms with van der Waals surface area (Å²) in [4.78, 5) is 10.6. The molecule has 3 N–H and O–H groups in total. The number of nitrogens with one attached hydrogen (secondary N) is 1. The summed E-state index contributed by atoms with van der Waals surface area (Å²) < 4.78 is 0. The van der Waals surface area contributed by atoms with E-state index in [2.05, 4.69) is 11.4 Å². The van der Waals surface area contributed by atoms with Crippen LogP contribution in [0.25, 0.3) is 0 Å². The topological polar surface area (TPSA) is 55.1 Å². The summed E-state index contributed by atoms with van der Waals surface area (Å²) in [6.07, 6.45) is 2.96. The van der Waals surface area contributed by atoms with Crippen LogP contribution in [0.1, 0.15) is 20.3 Å². The van der Waals surface area contributed by atoms with E-state index in [1.165, 1.54) is 5.57 Å². The zero-order valence-corrected chi connectivity index (χ0v) is 7.18. The third kappa shape index (κ3) is 7.06. The number of hydrogen-bond donors (Lipinski definition) is 2. The summed E-state index contributed by atoms with van der Waals surface area (Å²) in [5.74, 6) is -0.0906. The fraction of sp³-hybridized carbons (Fsp3) is 0.625. The van der Waals surface area contributed by atoms with Crippen LogP contribution in [-0.2, 0) is 4.79 Å². The van der Waals surface area contributed by atoms with Crippen LogP contribution in [0.4, 0.5) is 0 Å². The van der Waals surface area contributed by atoms with E-state index in [1.54, 1.807) is 0 Å². The van der Waals surface area contributed by atoms with Gasteiger partial charge in [0.05, 0.1) is 6.54 Å². The van der Waals surface area contributed by atoms with Crippen molar-refractivity contribution in [2.24, 2.45) is 5.73 Å². The minimum Gasteiger partial charge on any atom is -0.355 e. The number of hydrogen-bond acceptors (Lipinski definition) is 2. The Morgan fingerprint density at radius 1 is 1.55 bits per heavy atom. The van der Waals surface area contributed by atoms with E-state index in [4.69, 9.17) is 5.73 Å². The van der Waals surface area contributed by atoms with E-state index < -0.39 is 0 Å². The fourth-order valence-corrected chi connectivity index (χ4v) is 0.645. The van der Waals surface area contributed by atoms with E-state index in [1.807, 2.05) is 13.8 Å². The molecule has 3 heteroatoms. The van der Waals surface area contributed by atoms with E-state index >= 15 is 0 Å². The van der Waals surface area contributed by atoms with Gasteiger partial charge in [0.2, 0.25) is 5.91 Å². The van der Waals surface area contributed by atoms with Gasteiger partial charge in [0.25, 0.3) is 0 Å². The van der Waals surface area contributed by atoms with Crippen molar-refractivity contribution in [2.75, 3.05) is 13.1 Å². The van der Waals surface area contributed by atoms with Gasteiger partial charge < -0.3 is 11.1 Å². The standard InChI is InChI=1S/C8H16N2O/c1-7(2)4-3-5-10-8(11)6-9/h4H,3,5-6,9H2,1-2H3,(H,10,11). The summed E-state index contributed by atoms with van der Waals surface area (Å²) in [6.45, 7) is 4.82. The van der Waals surface area contributed by atoms with Crippen LogP contribution < -0.4 is 11.1 Å². The van der Waals surface area contributed by atoms with Gasteiger partial charge in [0.1, 0.15) is 0 Å². The van der Waals surface area contributed by atoms with Crippen molar-refractivity contribution in [3.63, 3.8) is 0 Å². The number of nitrogens with two attached hydrogens (primary N) is 1. The zero-order valence-electron chi connectivity index (χ0n) is 7.18. The van der Waals surface area contributed by atoms with Crippen molar-refractivity contribution in [3.8, 4) is 0 Å². The molecule has 0 heterocycles. The Balaban J connectivity index is 3.28. The smallest absolute Gasteiger partial charge is 0.233 e. The van der Waals surface area contributed by atoms with E-state index in [0.29, 0.717) is 6.54 Å². The SMILES string of the molecule is CC(C)=CCCNC(=O)CN. The highest BCUT2D eigenvalue weighted by molar-refractivity contribution is 5.77. The van der Waals surface area contributed by atoms with Gasteiger partial charge in [-0.25, -0.2) is 0 Å². The quantitative estimate of drug-likeness (QED) is 0.458. The second-order valence-corrected chi connectivity index (χ2v) is 2.62. The van der Waals surface area contributed by atoms with Gasteiger partial charge in [-0.15, -0.1) is 0 Å².